The molecule has 1 aromatic heterocycles. The lowest BCUT2D eigenvalue weighted by Gasteiger charge is -2.19. The first-order valence-electron chi connectivity index (χ1n) is 3.95. The summed E-state index contributed by atoms with van der Waals surface area (Å²) in [6.07, 6.45) is 7.21. The van der Waals surface area contributed by atoms with E-state index in [1.54, 1.807) is 0 Å². The van der Waals surface area contributed by atoms with Gasteiger partial charge in [-0.1, -0.05) is 0 Å². The highest BCUT2D eigenvalue weighted by molar-refractivity contribution is 6.21. The largest absolute Gasteiger partial charge is 0.264 e. The number of rotatable bonds is 0. The van der Waals surface area contributed by atoms with Gasteiger partial charge in [0, 0.05) is 12.4 Å². The topological polar surface area (TPSA) is 12.9 Å². The summed E-state index contributed by atoms with van der Waals surface area (Å²) < 4.78 is 0. The molecule has 1 aromatic rings. The van der Waals surface area contributed by atoms with Crippen molar-refractivity contribution in [2.24, 2.45) is 0 Å². The molecule has 0 bridgehead atoms. The van der Waals surface area contributed by atoms with Crippen molar-refractivity contribution >= 4 is 11.6 Å². The standard InChI is InChI=1S/C9H10ClN/c10-9-3-1-2-7-6-11-5-4-8(7)9/h4-6,9H,1-3H2. The van der Waals surface area contributed by atoms with E-state index in [1.807, 2.05) is 18.5 Å². The van der Waals surface area contributed by atoms with E-state index in [2.05, 4.69) is 4.98 Å². The van der Waals surface area contributed by atoms with Gasteiger partial charge in [-0.2, -0.15) is 0 Å². The minimum absolute atomic E-state index is 0.224. The Morgan fingerprint density at radius 3 is 3.27 bits per heavy atom. The van der Waals surface area contributed by atoms with Crippen LogP contribution in [0.15, 0.2) is 18.5 Å². The van der Waals surface area contributed by atoms with E-state index in [0.29, 0.717) is 0 Å². The summed E-state index contributed by atoms with van der Waals surface area (Å²) in [4.78, 5) is 4.07. The Bertz CT molecular complexity index is 259. The number of halogens is 1. The fourth-order valence-electron chi connectivity index (χ4n) is 1.58. The number of fused-ring (bicyclic) bond motifs is 1. The van der Waals surface area contributed by atoms with Crippen molar-refractivity contribution in [1.82, 2.24) is 4.98 Å². The third-order valence-electron chi connectivity index (χ3n) is 2.18. The molecule has 2 heteroatoms. The number of hydrogen-bond acceptors (Lipinski definition) is 1. The molecule has 1 atom stereocenters. The Hall–Kier alpha value is -0.560. The van der Waals surface area contributed by atoms with Crippen LogP contribution in [0.5, 0.6) is 0 Å². The monoisotopic (exact) mass is 167 g/mol. The zero-order chi connectivity index (χ0) is 7.68. The van der Waals surface area contributed by atoms with E-state index < -0.39 is 0 Å². The van der Waals surface area contributed by atoms with Gasteiger partial charge in [-0.3, -0.25) is 4.98 Å². The molecule has 0 aromatic carbocycles. The highest BCUT2D eigenvalue weighted by atomic mass is 35.5. The first-order valence-corrected chi connectivity index (χ1v) is 4.38. The van der Waals surface area contributed by atoms with Gasteiger partial charge in [-0.05, 0) is 36.5 Å². The summed E-state index contributed by atoms with van der Waals surface area (Å²) in [6, 6.07) is 2.03. The summed E-state index contributed by atoms with van der Waals surface area (Å²) in [5.41, 5.74) is 2.62. The molecule has 1 unspecified atom stereocenters. The Morgan fingerprint density at radius 2 is 2.45 bits per heavy atom. The van der Waals surface area contributed by atoms with Crippen LogP contribution in [0.3, 0.4) is 0 Å². The first kappa shape index (κ1) is 7.11. The highest BCUT2D eigenvalue weighted by Crippen LogP contribution is 2.33. The lowest BCUT2D eigenvalue weighted by atomic mass is 9.93. The van der Waals surface area contributed by atoms with E-state index in [4.69, 9.17) is 11.6 Å². The predicted molar refractivity (Wildman–Crippen MR) is 45.8 cm³/mol. The highest BCUT2D eigenvalue weighted by Gasteiger charge is 2.16. The number of pyridine rings is 1. The number of aryl methyl sites for hydroxylation is 1. The van der Waals surface area contributed by atoms with Crippen molar-refractivity contribution in [3.8, 4) is 0 Å². The van der Waals surface area contributed by atoms with Crippen molar-refractivity contribution in [1.29, 1.82) is 0 Å². The number of alkyl halides is 1. The Morgan fingerprint density at radius 1 is 1.55 bits per heavy atom. The number of hydrogen-bond donors (Lipinski definition) is 0. The van der Waals surface area contributed by atoms with Crippen molar-refractivity contribution in [3.63, 3.8) is 0 Å². The van der Waals surface area contributed by atoms with Gasteiger partial charge in [0.15, 0.2) is 0 Å². The van der Waals surface area contributed by atoms with Crippen LogP contribution in [0.25, 0.3) is 0 Å². The van der Waals surface area contributed by atoms with Crippen molar-refractivity contribution in [2.45, 2.75) is 24.6 Å². The Balaban J connectivity index is 2.44. The normalized spacial score (nSPS) is 22.8. The lowest BCUT2D eigenvalue weighted by Crippen LogP contribution is -2.05. The molecule has 2 rings (SSSR count). The van der Waals surface area contributed by atoms with Gasteiger partial charge in [-0.25, -0.2) is 0 Å². The van der Waals surface area contributed by atoms with Crippen LogP contribution in [0, 0.1) is 0 Å². The molecule has 0 fully saturated rings. The molecular weight excluding hydrogens is 158 g/mol. The summed E-state index contributed by atoms with van der Waals surface area (Å²) >= 11 is 6.12. The van der Waals surface area contributed by atoms with Crippen LogP contribution in [0.2, 0.25) is 0 Å². The molecule has 0 saturated heterocycles. The lowest BCUT2D eigenvalue weighted by molar-refractivity contribution is 0.664. The number of aromatic nitrogens is 1. The summed E-state index contributed by atoms with van der Waals surface area (Å²) in [7, 11) is 0. The van der Waals surface area contributed by atoms with Gasteiger partial charge >= 0.3 is 0 Å². The summed E-state index contributed by atoms with van der Waals surface area (Å²) in [5, 5.41) is 0.224. The van der Waals surface area contributed by atoms with E-state index in [1.165, 1.54) is 17.5 Å². The second-order valence-electron chi connectivity index (χ2n) is 2.93. The SMILES string of the molecule is ClC1CCCc2cnccc21. The molecule has 11 heavy (non-hydrogen) atoms. The van der Waals surface area contributed by atoms with E-state index in [-0.39, 0.29) is 5.38 Å². The molecule has 0 saturated carbocycles. The van der Waals surface area contributed by atoms with E-state index >= 15 is 0 Å². The minimum Gasteiger partial charge on any atom is -0.264 e. The van der Waals surface area contributed by atoms with Crippen LogP contribution >= 0.6 is 11.6 Å². The third-order valence-corrected chi connectivity index (χ3v) is 2.64. The molecule has 0 spiro atoms. The number of nitrogens with zero attached hydrogens (tertiary/aromatic N) is 1. The van der Waals surface area contributed by atoms with Crippen molar-refractivity contribution < 1.29 is 0 Å². The third kappa shape index (κ3) is 1.25. The average molecular weight is 168 g/mol. The van der Waals surface area contributed by atoms with E-state index in [9.17, 15) is 0 Å². The van der Waals surface area contributed by atoms with Gasteiger partial charge in [0.2, 0.25) is 0 Å². The van der Waals surface area contributed by atoms with Crippen molar-refractivity contribution in [3.05, 3.63) is 29.6 Å². The van der Waals surface area contributed by atoms with Crippen LogP contribution < -0.4 is 0 Å². The second-order valence-corrected chi connectivity index (χ2v) is 3.46. The average Bonchev–Trinajstić information content (AvgIpc) is 2.06. The second kappa shape index (κ2) is 2.82. The smallest absolute Gasteiger partial charge is 0.0589 e. The van der Waals surface area contributed by atoms with Crippen LogP contribution in [-0.4, -0.2) is 4.98 Å². The molecule has 1 aliphatic rings. The van der Waals surface area contributed by atoms with Gasteiger partial charge < -0.3 is 0 Å². The summed E-state index contributed by atoms with van der Waals surface area (Å²) in [5.74, 6) is 0. The molecule has 58 valence electrons. The minimum atomic E-state index is 0.224. The van der Waals surface area contributed by atoms with Gasteiger partial charge in [0.1, 0.15) is 0 Å². The van der Waals surface area contributed by atoms with Crippen molar-refractivity contribution in [2.75, 3.05) is 0 Å². The van der Waals surface area contributed by atoms with Gasteiger partial charge in [0.05, 0.1) is 5.38 Å². The Labute approximate surface area is 71.4 Å². The quantitative estimate of drug-likeness (QED) is 0.542. The zero-order valence-electron chi connectivity index (χ0n) is 6.26. The molecule has 0 radical (unpaired) electrons. The maximum Gasteiger partial charge on any atom is 0.0589 e. The molecule has 1 nitrogen and oxygen atoms in total. The maximum atomic E-state index is 6.12. The van der Waals surface area contributed by atoms with Crippen LogP contribution in [0.4, 0.5) is 0 Å². The van der Waals surface area contributed by atoms with Crippen LogP contribution in [-0.2, 0) is 6.42 Å². The molecule has 1 aliphatic carbocycles. The predicted octanol–water partition coefficient (Wildman–Crippen LogP) is 2.70. The molecule has 1 heterocycles. The fraction of sp³-hybridized carbons (Fsp3) is 0.444. The molecule has 0 N–H and O–H groups in total. The fourth-order valence-corrected chi connectivity index (χ4v) is 1.95. The Kier molecular flexibility index (Phi) is 1.82. The molecule has 0 amide bonds. The molecule has 0 aliphatic heterocycles. The van der Waals surface area contributed by atoms with Crippen LogP contribution in [0.1, 0.15) is 29.3 Å². The summed E-state index contributed by atoms with van der Waals surface area (Å²) in [6.45, 7) is 0. The zero-order valence-corrected chi connectivity index (χ0v) is 7.01. The first-order chi connectivity index (χ1) is 5.38. The van der Waals surface area contributed by atoms with E-state index in [0.717, 1.165) is 12.8 Å². The molecular formula is C9H10ClN. The van der Waals surface area contributed by atoms with Gasteiger partial charge in [-0.15, -0.1) is 11.6 Å². The van der Waals surface area contributed by atoms with Gasteiger partial charge in [0.25, 0.3) is 0 Å². The maximum absolute atomic E-state index is 6.12.